The topological polar surface area (TPSA) is 0 Å². The third-order valence-corrected chi connectivity index (χ3v) is 1.04. The number of hydrogen-bond donors (Lipinski definition) is 0. The van der Waals surface area contributed by atoms with Crippen molar-refractivity contribution in [2.45, 2.75) is 26.2 Å². The maximum absolute atomic E-state index is 5.06. The molecule has 0 atom stereocenters. The molecule has 0 rings (SSSR count). The Morgan fingerprint density at radius 2 is 2.38 bits per heavy atom. The first-order valence-electron chi connectivity index (χ1n) is 2.95. The molecule has 0 nitrogen and oxygen atoms in total. The standard InChI is InChI=1S/C8H12/c1-4-6-7-8(3)5-2/h2H,3-4,6-7H2,1H3. The number of allylic oxidation sites excluding steroid dienone is 1. The fourth-order valence-corrected chi connectivity index (χ4v) is 0.462. The normalized spacial score (nSPS) is 8.00. The second kappa shape index (κ2) is 4.46. The van der Waals surface area contributed by atoms with E-state index in [4.69, 9.17) is 6.42 Å². The number of terminal acetylenes is 1. The minimum atomic E-state index is 0.923. The van der Waals surface area contributed by atoms with Crippen LogP contribution in [0.1, 0.15) is 26.2 Å². The first kappa shape index (κ1) is 7.30. The highest BCUT2D eigenvalue weighted by Crippen LogP contribution is 2.01. The van der Waals surface area contributed by atoms with Crippen LogP contribution in [0.2, 0.25) is 0 Å². The monoisotopic (exact) mass is 108 g/mol. The molecule has 0 aliphatic carbocycles. The maximum atomic E-state index is 5.06. The molecule has 0 bridgehead atoms. The summed E-state index contributed by atoms with van der Waals surface area (Å²) in [6, 6.07) is 0. The van der Waals surface area contributed by atoms with Crippen molar-refractivity contribution in [3.05, 3.63) is 12.2 Å². The smallest absolute Gasteiger partial charge is 0.00542 e. The molecule has 0 unspecified atom stereocenters. The van der Waals surface area contributed by atoms with Crippen molar-refractivity contribution in [2.75, 3.05) is 0 Å². The van der Waals surface area contributed by atoms with Crippen LogP contribution in [-0.4, -0.2) is 0 Å². The van der Waals surface area contributed by atoms with Gasteiger partial charge in [-0.05, 0) is 18.4 Å². The Labute approximate surface area is 51.6 Å². The molecule has 0 aliphatic rings. The third-order valence-electron chi connectivity index (χ3n) is 1.04. The zero-order valence-corrected chi connectivity index (χ0v) is 5.41. The van der Waals surface area contributed by atoms with Crippen LogP contribution in [0, 0.1) is 12.3 Å². The van der Waals surface area contributed by atoms with Gasteiger partial charge in [-0.25, -0.2) is 0 Å². The predicted octanol–water partition coefficient (Wildman–Crippen LogP) is 2.37. The van der Waals surface area contributed by atoms with Gasteiger partial charge in [0.1, 0.15) is 0 Å². The van der Waals surface area contributed by atoms with Crippen LogP contribution in [0.15, 0.2) is 12.2 Å². The molecule has 0 saturated carbocycles. The first-order valence-corrected chi connectivity index (χ1v) is 2.95. The first-order chi connectivity index (χ1) is 3.81. The van der Waals surface area contributed by atoms with Gasteiger partial charge in [-0.2, -0.15) is 0 Å². The van der Waals surface area contributed by atoms with E-state index in [0.29, 0.717) is 0 Å². The lowest BCUT2D eigenvalue weighted by Crippen LogP contribution is -1.74. The molecule has 0 aliphatic heterocycles. The fraction of sp³-hybridized carbons (Fsp3) is 0.500. The Hall–Kier alpha value is -0.700. The second-order valence-corrected chi connectivity index (χ2v) is 1.85. The van der Waals surface area contributed by atoms with Gasteiger partial charge in [0.05, 0.1) is 0 Å². The van der Waals surface area contributed by atoms with E-state index in [2.05, 4.69) is 19.4 Å². The van der Waals surface area contributed by atoms with Gasteiger partial charge in [-0.1, -0.05) is 25.8 Å². The summed E-state index contributed by atoms with van der Waals surface area (Å²) in [4.78, 5) is 0. The lowest BCUT2D eigenvalue weighted by molar-refractivity contribution is 0.802. The second-order valence-electron chi connectivity index (χ2n) is 1.85. The van der Waals surface area contributed by atoms with Crippen LogP contribution < -0.4 is 0 Å². The highest BCUT2D eigenvalue weighted by molar-refractivity contribution is 5.20. The molecule has 0 amide bonds. The number of rotatable bonds is 3. The van der Waals surface area contributed by atoms with Crippen LogP contribution in [0.5, 0.6) is 0 Å². The number of hydrogen-bond acceptors (Lipinski definition) is 0. The highest BCUT2D eigenvalue weighted by atomic mass is 13.9. The molecule has 8 heavy (non-hydrogen) atoms. The van der Waals surface area contributed by atoms with Crippen molar-refractivity contribution in [3.8, 4) is 12.3 Å². The largest absolute Gasteiger partial charge is 0.115 e. The summed E-state index contributed by atoms with van der Waals surface area (Å²) in [7, 11) is 0. The summed E-state index contributed by atoms with van der Waals surface area (Å²) in [5.41, 5.74) is 0.923. The van der Waals surface area contributed by atoms with Gasteiger partial charge >= 0.3 is 0 Å². The van der Waals surface area contributed by atoms with E-state index < -0.39 is 0 Å². The predicted molar refractivity (Wildman–Crippen MR) is 37.5 cm³/mol. The van der Waals surface area contributed by atoms with Gasteiger partial charge in [-0.3, -0.25) is 0 Å². The molecule has 0 aromatic heterocycles. The maximum Gasteiger partial charge on any atom is -0.00542 e. The molecular weight excluding hydrogens is 96.1 g/mol. The van der Waals surface area contributed by atoms with E-state index in [-0.39, 0.29) is 0 Å². The molecule has 0 aromatic rings. The Bertz CT molecular complexity index is 104. The molecule has 0 saturated heterocycles. The summed E-state index contributed by atoms with van der Waals surface area (Å²) in [5, 5.41) is 0. The van der Waals surface area contributed by atoms with Gasteiger partial charge in [0.25, 0.3) is 0 Å². The van der Waals surface area contributed by atoms with E-state index in [9.17, 15) is 0 Å². The summed E-state index contributed by atoms with van der Waals surface area (Å²) < 4.78 is 0. The van der Waals surface area contributed by atoms with Gasteiger partial charge in [-0.15, -0.1) is 6.42 Å². The molecule has 0 heterocycles. The molecule has 0 fully saturated rings. The molecule has 44 valence electrons. The zero-order valence-electron chi connectivity index (χ0n) is 5.41. The average molecular weight is 108 g/mol. The highest BCUT2D eigenvalue weighted by Gasteiger charge is 1.84. The van der Waals surface area contributed by atoms with E-state index in [1.54, 1.807) is 0 Å². The van der Waals surface area contributed by atoms with Crippen LogP contribution in [0.25, 0.3) is 0 Å². The Balaban J connectivity index is 3.16. The molecule has 0 aromatic carbocycles. The van der Waals surface area contributed by atoms with Crippen LogP contribution >= 0.6 is 0 Å². The fourth-order valence-electron chi connectivity index (χ4n) is 0.462. The van der Waals surface area contributed by atoms with Crippen molar-refractivity contribution in [1.82, 2.24) is 0 Å². The van der Waals surface area contributed by atoms with Crippen molar-refractivity contribution in [2.24, 2.45) is 0 Å². The van der Waals surface area contributed by atoms with Gasteiger partial charge in [0.2, 0.25) is 0 Å². The summed E-state index contributed by atoms with van der Waals surface area (Å²) >= 11 is 0. The van der Waals surface area contributed by atoms with Crippen LogP contribution in [0.4, 0.5) is 0 Å². The van der Waals surface area contributed by atoms with Crippen molar-refractivity contribution >= 4 is 0 Å². The minimum Gasteiger partial charge on any atom is -0.115 e. The SMILES string of the molecule is C#CC(=C)CCCC. The molecule has 0 radical (unpaired) electrons. The van der Waals surface area contributed by atoms with E-state index >= 15 is 0 Å². The zero-order chi connectivity index (χ0) is 6.41. The van der Waals surface area contributed by atoms with Gasteiger partial charge < -0.3 is 0 Å². The van der Waals surface area contributed by atoms with Crippen molar-refractivity contribution in [1.29, 1.82) is 0 Å². The lowest BCUT2D eigenvalue weighted by Gasteiger charge is -1.91. The molecule has 0 heteroatoms. The Morgan fingerprint density at radius 3 is 2.75 bits per heavy atom. The van der Waals surface area contributed by atoms with Crippen LogP contribution in [-0.2, 0) is 0 Å². The minimum absolute atomic E-state index is 0.923. The Morgan fingerprint density at radius 1 is 1.75 bits per heavy atom. The van der Waals surface area contributed by atoms with Crippen molar-refractivity contribution in [3.63, 3.8) is 0 Å². The van der Waals surface area contributed by atoms with E-state index in [0.717, 1.165) is 12.0 Å². The molecule has 0 N–H and O–H groups in total. The van der Waals surface area contributed by atoms with E-state index in [1.807, 2.05) is 0 Å². The Kier molecular flexibility index (Phi) is 4.07. The van der Waals surface area contributed by atoms with E-state index in [1.165, 1.54) is 12.8 Å². The van der Waals surface area contributed by atoms with Crippen LogP contribution in [0.3, 0.4) is 0 Å². The van der Waals surface area contributed by atoms with Crippen molar-refractivity contribution < 1.29 is 0 Å². The molecular formula is C8H12. The summed E-state index contributed by atoms with van der Waals surface area (Å²) in [6.07, 6.45) is 8.42. The van der Waals surface area contributed by atoms with Gasteiger partial charge in [0, 0.05) is 0 Å². The third kappa shape index (κ3) is 3.49. The lowest BCUT2D eigenvalue weighted by atomic mass is 10.1. The summed E-state index contributed by atoms with van der Waals surface area (Å²) in [5.74, 6) is 2.51. The van der Waals surface area contributed by atoms with Gasteiger partial charge in [0.15, 0.2) is 0 Å². The summed E-state index contributed by atoms with van der Waals surface area (Å²) in [6.45, 7) is 5.82. The average Bonchev–Trinajstić information content (AvgIpc) is 1.83. The molecule has 0 spiro atoms. The quantitative estimate of drug-likeness (QED) is 0.487. The number of unbranched alkanes of at least 4 members (excludes halogenated alkanes) is 1.